The molecule has 2 aliphatic carbocycles. The average Bonchev–Trinajstić information content (AvgIpc) is 2.86. The third-order valence-electron chi connectivity index (χ3n) is 5.09. The summed E-state index contributed by atoms with van der Waals surface area (Å²) in [7, 11) is 0. The number of hydrogen-bond acceptors (Lipinski definition) is 0. The van der Waals surface area contributed by atoms with Crippen molar-refractivity contribution in [2.75, 3.05) is 0 Å². The number of rotatable bonds is 2. The molecule has 1 fully saturated rings. The molecule has 0 amide bonds. The maximum absolute atomic E-state index is 2.53. The Morgan fingerprint density at radius 1 is 1.22 bits per heavy atom. The standard InChI is InChI=1S/C9H7.C5H5.C3H6.Zr/c1-2-5-9-7-3-6-8(9)4-1;1-2-4-5-3-1;1-3-2;/h1-7H;1-3H,4H2;3H,1H2,2H3;. The molecule has 1 aliphatic heterocycles. The Kier molecular flexibility index (Phi) is 2.43. The van der Waals surface area contributed by atoms with Crippen LogP contribution >= 0.6 is 0 Å². The Labute approximate surface area is 114 Å². The van der Waals surface area contributed by atoms with Gasteiger partial charge in [-0.2, -0.15) is 0 Å². The average molecular weight is 314 g/mol. The molecule has 1 saturated heterocycles. The van der Waals surface area contributed by atoms with Crippen molar-refractivity contribution in [3.8, 4) is 0 Å². The van der Waals surface area contributed by atoms with E-state index in [0.29, 0.717) is 0 Å². The Morgan fingerprint density at radius 2 is 2.06 bits per heavy atom. The maximum atomic E-state index is 2.53. The monoisotopic (exact) mass is 312 g/mol. The fourth-order valence-corrected chi connectivity index (χ4v) is 20.0. The fraction of sp³-hybridized carbons (Fsp3) is 0.294. The molecule has 0 aromatic heterocycles. The van der Waals surface area contributed by atoms with Gasteiger partial charge in [-0.15, -0.1) is 0 Å². The topological polar surface area (TPSA) is 0 Å². The molecule has 3 atom stereocenters. The molecule has 0 nitrogen and oxygen atoms in total. The van der Waals surface area contributed by atoms with Crippen molar-refractivity contribution < 1.29 is 20.3 Å². The molecule has 0 spiro atoms. The molecular formula is C17H18Zr. The van der Waals surface area contributed by atoms with Gasteiger partial charge in [0.25, 0.3) is 0 Å². The first-order valence-electron chi connectivity index (χ1n) is 6.96. The van der Waals surface area contributed by atoms with Crippen LogP contribution in [0.4, 0.5) is 0 Å². The van der Waals surface area contributed by atoms with Gasteiger partial charge in [-0.25, -0.2) is 0 Å². The normalized spacial score (nSPS) is 35.7. The second-order valence-corrected chi connectivity index (χ2v) is 17.6. The van der Waals surface area contributed by atoms with Crippen LogP contribution in [-0.4, -0.2) is 0 Å². The van der Waals surface area contributed by atoms with Crippen LogP contribution in [0.15, 0.2) is 51.9 Å². The first-order chi connectivity index (χ1) is 8.82. The van der Waals surface area contributed by atoms with Gasteiger partial charge in [-0.1, -0.05) is 0 Å². The second kappa shape index (κ2) is 3.91. The van der Waals surface area contributed by atoms with E-state index in [1.807, 2.05) is 3.28 Å². The molecule has 0 saturated carbocycles. The van der Waals surface area contributed by atoms with Crippen molar-refractivity contribution >= 4 is 6.08 Å². The molecule has 3 unspecified atom stereocenters. The Balaban J connectivity index is 1.78. The van der Waals surface area contributed by atoms with E-state index in [4.69, 9.17) is 0 Å². The van der Waals surface area contributed by atoms with Crippen LogP contribution in [-0.2, 0) is 20.3 Å². The third-order valence-corrected chi connectivity index (χ3v) is 19.6. The van der Waals surface area contributed by atoms with Crippen LogP contribution in [0.25, 0.3) is 6.08 Å². The van der Waals surface area contributed by atoms with E-state index in [2.05, 4.69) is 61.6 Å². The molecule has 1 heterocycles. The number of benzene rings is 1. The van der Waals surface area contributed by atoms with Crippen LogP contribution in [0.2, 0.25) is 7.75 Å². The minimum absolute atomic E-state index is 0.816. The Hall–Kier alpha value is -0.677. The van der Waals surface area contributed by atoms with Gasteiger partial charge in [0.2, 0.25) is 0 Å². The fourth-order valence-electron chi connectivity index (χ4n) is 4.02. The van der Waals surface area contributed by atoms with Gasteiger partial charge in [0.05, 0.1) is 0 Å². The molecule has 0 N–H and O–H groups in total. The summed E-state index contributed by atoms with van der Waals surface area (Å²) in [6.45, 7) is 2.50. The van der Waals surface area contributed by atoms with Crippen molar-refractivity contribution in [1.29, 1.82) is 0 Å². The predicted molar refractivity (Wildman–Crippen MR) is 74.3 cm³/mol. The molecule has 1 aromatic rings. The van der Waals surface area contributed by atoms with Crippen LogP contribution in [0.5, 0.6) is 0 Å². The molecule has 3 aliphatic rings. The minimum atomic E-state index is -2.08. The zero-order valence-corrected chi connectivity index (χ0v) is 13.2. The molecule has 90 valence electrons. The number of fused-ring (bicyclic) bond motifs is 1. The van der Waals surface area contributed by atoms with E-state index < -0.39 is 20.3 Å². The van der Waals surface area contributed by atoms with Gasteiger partial charge in [0.1, 0.15) is 0 Å². The summed E-state index contributed by atoms with van der Waals surface area (Å²) in [5.41, 5.74) is 3.11. The quantitative estimate of drug-likeness (QED) is 0.721. The van der Waals surface area contributed by atoms with E-state index in [9.17, 15) is 0 Å². The van der Waals surface area contributed by atoms with Gasteiger partial charge < -0.3 is 0 Å². The molecule has 0 radical (unpaired) electrons. The number of hydrogen-bond donors (Lipinski definition) is 0. The summed E-state index contributed by atoms with van der Waals surface area (Å²) >= 11 is -2.08. The van der Waals surface area contributed by atoms with E-state index in [1.54, 1.807) is 9.69 Å². The summed E-state index contributed by atoms with van der Waals surface area (Å²) in [6.07, 6.45) is 13.2. The summed E-state index contributed by atoms with van der Waals surface area (Å²) in [6, 6.07) is 9.03. The summed E-state index contributed by atoms with van der Waals surface area (Å²) in [5, 5.41) is 0. The summed E-state index contributed by atoms with van der Waals surface area (Å²) in [4.78, 5) is 0. The number of allylic oxidation sites excluding steroid dienone is 5. The van der Waals surface area contributed by atoms with Gasteiger partial charge in [-0.05, 0) is 0 Å². The molecular weight excluding hydrogens is 295 g/mol. The summed E-state index contributed by atoms with van der Waals surface area (Å²) < 4.78 is 5.27. The van der Waals surface area contributed by atoms with E-state index in [1.165, 1.54) is 12.0 Å². The van der Waals surface area contributed by atoms with E-state index >= 15 is 0 Å². The second-order valence-electron chi connectivity index (χ2n) is 5.94. The van der Waals surface area contributed by atoms with E-state index in [0.717, 1.165) is 7.25 Å². The van der Waals surface area contributed by atoms with Crippen LogP contribution in [0, 0.1) is 0 Å². The van der Waals surface area contributed by atoms with Crippen molar-refractivity contribution in [3.05, 3.63) is 63.0 Å². The van der Waals surface area contributed by atoms with Crippen LogP contribution in [0.1, 0.15) is 28.1 Å². The molecule has 4 rings (SSSR count). The first-order valence-corrected chi connectivity index (χ1v) is 12.8. The zero-order valence-electron chi connectivity index (χ0n) is 10.8. The Morgan fingerprint density at radius 3 is 2.78 bits per heavy atom. The van der Waals surface area contributed by atoms with Crippen molar-refractivity contribution in [3.63, 3.8) is 0 Å². The molecule has 18 heavy (non-hydrogen) atoms. The van der Waals surface area contributed by atoms with Gasteiger partial charge in [0.15, 0.2) is 0 Å². The Bertz CT molecular complexity index is 593. The van der Waals surface area contributed by atoms with Gasteiger partial charge >= 0.3 is 114 Å². The van der Waals surface area contributed by atoms with Gasteiger partial charge in [-0.3, -0.25) is 0 Å². The van der Waals surface area contributed by atoms with Crippen LogP contribution in [0.3, 0.4) is 0 Å². The zero-order chi connectivity index (χ0) is 12.2. The van der Waals surface area contributed by atoms with Gasteiger partial charge in [0, 0.05) is 0 Å². The third kappa shape index (κ3) is 1.40. The van der Waals surface area contributed by atoms with Crippen molar-refractivity contribution in [2.45, 2.75) is 24.7 Å². The van der Waals surface area contributed by atoms with E-state index in [-0.39, 0.29) is 0 Å². The first kappa shape index (κ1) is 11.2. The van der Waals surface area contributed by atoms with Crippen LogP contribution < -0.4 is 0 Å². The predicted octanol–water partition coefficient (Wildman–Crippen LogP) is 4.99. The molecule has 0 bridgehead atoms. The molecule has 1 heteroatoms. The molecule has 1 aromatic carbocycles. The SMILES string of the molecule is C[CH]1[CH2][Zr]1([C]1=CC=CC1)[CH]1C=Cc2ccccc21. The summed E-state index contributed by atoms with van der Waals surface area (Å²) in [5.74, 6) is 0. The van der Waals surface area contributed by atoms with Crippen molar-refractivity contribution in [2.24, 2.45) is 0 Å². The van der Waals surface area contributed by atoms with Crippen molar-refractivity contribution in [1.82, 2.24) is 0 Å².